The molecule has 2 unspecified atom stereocenters. The zero-order valence-electron chi connectivity index (χ0n) is 71.3. The van der Waals surface area contributed by atoms with Gasteiger partial charge in [0, 0.05) is 25.7 Å². The molecule has 0 aliphatic rings. The molecule has 0 amide bonds. The average molecular weight is 1580 g/mol. The minimum atomic E-state index is -4.97. The first-order chi connectivity index (χ1) is 52.2. The van der Waals surface area contributed by atoms with Gasteiger partial charge in [0.25, 0.3) is 0 Å². The molecular weight excluding hydrogens is 1400 g/mol. The summed E-state index contributed by atoms with van der Waals surface area (Å²) in [5.41, 5.74) is 0. The lowest BCUT2D eigenvalue weighted by molar-refractivity contribution is -0.161. The van der Waals surface area contributed by atoms with Crippen LogP contribution in [0.3, 0.4) is 0 Å². The van der Waals surface area contributed by atoms with Crippen molar-refractivity contribution in [1.29, 1.82) is 0 Å². The molecule has 0 aromatic carbocycles. The van der Waals surface area contributed by atoms with Gasteiger partial charge < -0.3 is 33.8 Å². The molecule has 0 spiro atoms. The molecule has 0 radical (unpaired) electrons. The molecule has 5 atom stereocenters. The van der Waals surface area contributed by atoms with E-state index in [9.17, 15) is 43.2 Å². The second kappa shape index (κ2) is 78.9. The van der Waals surface area contributed by atoms with Gasteiger partial charge in [-0.1, -0.05) is 421 Å². The van der Waals surface area contributed by atoms with Gasteiger partial charge in [-0.05, 0) is 43.4 Å². The Morgan fingerprint density at radius 1 is 0.250 bits per heavy atom. The van der Waals surface area contributed by atoms with Crippen molar-refractivity contribution in [3.05, 3.63) is 0 Å². The van der Waals surface area contributed by atoms with Crippen LogP contribution in [0.15, 0.2) is 0 Å². The van der Waals surface area contributed by atoms with E-state index in [1.54, 1.807) is 0 Å². The van der Waals surface area contributed by atoms with E-state index in [0.717, 1.165) is 108 Å². The fraction of sp³-hybridized carbons (Fsp3) is 0.955. The highest BCUT2D eigenvalue weighted by Gasteiger charge is 2.31. The topological polar surface area (TPSA) is 237 Å². The maximum absolute atomic E-state index is 13.2. The summed E-state index contributed by atoms with van der Waals surface area (Å²) >= 11 is 0. The quantitative estimate of drug-likeness (QED) is 0.0222. The molecule has 0 heterocycles. The Bertz CT molecular complexity index is 2080. The Morgan fingerprint density at radius 3 is 0.630 bits per heavy atom. The molecule has 0 aliphatic heterocycles. The van der Waals surface area contributed by atoms with Crippen LogP contribution in [0.25, 0.3) is 0 Å². The highest BCUT2D eigenvalue weighted by atomic mass is 31.2. The van der Waals surface area contributed by atoms with Gasteiger partial charge in [-0.3, -0.25) is 37.3 Å². The van der Waals surface area contributed by atoms with Crippen molar-refractivity contribution in [3.63, 3.8) is 0 Å². The predicted octanol–water partition coefficient (Wildman–Crippen LogP) is 27.3. The van der Waals surface area contributed by atoms with E-state index in [1.807, 2.05) is 0 Å². The van der Waals surface area contributed by atoms with Crippen LogP contribution in [0, 0.1) is 17.8 Å². The van der Waals surface area contributed by atoms with Gasteiger partial charge in [-0.25, -0.2) is 9.13 Å². The predicted molar refractivity (Wildman–Crippen MR) is 446 cm³/mol. The number of unbranched alkanes of at least 4 members (excludes halogenated alkanes) is 55. The van der Waals surface area contributed by atoms with Crippen LogP contribution in [0.5, 0.6) is 0 Å². The lowest BCUT2D eigenvalue weighted by Gasteiger charge is -2.21. The fourth-order valence-corrected chi connectivity index (χ4v) is 15.5. The number of ether oxygens (including phenoxy) is 4. The van der Waals surface area contributed by atoms with Crippen molar-refractivity contribution in [2.45, 2.75) is 491 Å². The maximum atomic E-state index is 13.2. The largest absolute Gasteiger partial charge is 0.472 e. The smallest absolute Gasteiger partial charge is 0.462 e. The Hall–Kier alpha value is -1.94. The summed E-state index contributed by atoms with van der Waals surface area (Å²) in [7, 11) is -9.93. The molecule has 0 aromatic rings. The summed E-state index contributed by atoms with van der Waals surface area (Å²) < 4.78 is 69.0. The van der Waals surface area contributed by atoms with Crippen molar-refractivity contribution in [1.82, 2.24) is 0 Å². The molecule has 0 saturated heterocycles. The number of carbonyl (C=O) groups excluding carboxylic acids is 4. The van der Waals surface area contributed by atoms with E-state index >= 15 is 0 Å². The molecule has 19 heteroatoms. The summed E-state index contributed by atoms with van der Waals surface area (Å²) in [4.78, 5) is 73.4. The zero-order valence-corrected chi connectivity index (χ0v) is 73.1. The highest BCUT2D eigenvalue weighted by molar-refractivity contribution is 7.47. The fourth-order valence-electron chi connectivity index (χ4n) is 13.9. The molecule has 17 nitrogen and oxygen atoms in total. The van der Waals surface area contributed by atoms with Crippen molar-refractivity contribution in [2.75, 3.05) is 39.6 Å². The van der Waals surface area contributed by atoms with Crippen molar-refractivity contribution in [2.24, 2.45) is 17.8 Å². The Morgan fingerprint density at radius 2 is 0.426 bits per heavy atom. The number of aliphatic hydroxyl groups is 1. The molecular formula is C89H174O17P2. The van der Waals surface area contributed by atoms with Crippen LogP contribution in [-0.4, -0.2) is 96.7 Å². The van der Waals surface area contributed by atoms with Gasteiger partial charge in [0.15, 0.2) is 12.2 Å². The molecule has 0 fully saturated rings. The molecule has 0 aromatic heterocycles. The summed E-state index contributed by atoms with van der Waals surface area (Å²) in [5, 5.41) is 10.7. The van der Waals surface area contributed by atoms with Crippen molar-refractivity contribution < 1.29 is 80.2 Å². The van der Waals surface area contributed by atoms with Gasteiger partial charge in [0.1, 0.15) is 19.3 Å². The lowest BCUT2D eigenvalue weighted by atomic mass is 10.0. The lowest BCUT2D eigenvalue weighted by Crippen LogP contribution is -2.30. The number of aliphatic hydroxyl groups excluding tert-OH is 1. The van der Waals surface area contributed by atoms with Crippen LogP contribution in [0.2, 0.25) is 0 Å². The third-order valence-corrected chi connectivity index (χ3v) is 22.8. The van der Waals surface area contributed by atoms with E-state index in [0.29, 0.717) is 25.7 Å². The molecule has 0 aliphatic carbocycles. The number of rotatable bonds is 87. The molecule has 3 N–H and O–H groups in total. The standard InChI is InChI=1S/C89H174O17P2/c1-8-9-10-11-12-13-14-15-16-25-31-36-43-51-58-65-72-89(94)106-85(77-100-87(92)71-64-57-50-45-38-41-48-55-62-69-82(6)7)79-104-108(97,98)102-75-83(90)74-101-107(95,96)103-78-84(76-99-86(91)70-63-56-49-42-35-30-26-22-21-24-29-34-40-47-54-61-68-81(4)5)105-88(93)73-66-59-52-44-37-32-27-20-18-17-19-23-28-33-39-46-53-60-67-80(2)3/h80-85,90H,8-79H2,1-7H3,(H,95,96)(H,97,98)/t83-,84-,85-/m1/s1. The first-order valence-corrected chi connectivity index (χ1v) is 48.8. The van der Waals surface area contributed by atoms with E-state index in [-0.39, 0.29) is 25.7 Å². The third-order valence-electron chi connectivity index (χ3n) is 20.9. The van der Waals surface area contributed by atoms with E-state index < -0.39 is 97.5 Å². The number of carbonyl (C=O) groups is 4. The van der Waals surface area contributed by atoms with Crippen molar-refractivity contribution in [3.8, 4) is 0 Å². The molecule has 0 saturated carbocycles. The molecule has 642 valence electrons. The number of phosphoric ester groups is 2. The minimum absolute atomic E-state index is 0.108. The van der Waals surface area contributed by atoms with Crippen LogP contribution in [0.1, 0.15) is 472 Å². The molecule has 108 heavy (non-hydrogen) atoms. The summed E-state index contributed by atoms with van der Waals surface area (Å²) in [6, 6.07) is 0. The van der Waals surface area contributed by atoms with Gasteiger partial charge in [-0.15, -0.1) is 0 Å². The van der Waals surface area contributed by atoms with E-state index in [2.05, 4.69) is 48.5 Å². The van der Waals surface area contributed by atoms with Crippen LogP contribution < -0.4 is 0 Å². The van der Waals surface area contributed by atoms with Gasteiger partial charge in [0.05, 0.1) is 26.4 Å². The molecule has 0 bridgehead atoms. The third kappa shape index (κ3) is 82.1. The summed E-state index contributed by atoms with van der Waals surface area (Å²) in [6.07, 6.45) is 70.8. The normalized spacial score (nSPS) is 13.8. The first-order valence-electron chi connectivity index (χ1n) is 45.8. The van der Waals surface area contributed by atoms with Crippen LogP contribution >= 0.6 is 15.6 Å². The number of phosphoric acid groups is 2. The SMILES string of the molecule is CCCCCCCCCCCCCCCCCCC(=O)O[C@H](COC(=O)CCCCCCCCCCCC(C)C)COP(=O)(O)OC[C@H](O)COP(=O)(O)OC[C@@H](COC(=O)CCCCCCCCCCCCCCCCCCC(C)C)OC(=O)CCCCCCCCCCCCCCCCCCCCC(C)C. The Kier molecular flexibility index (Phi) is 77.5. The monoisotopic (exact) mass is 1580 g/mol. The first kappa shape index (κ1) is 106. The van der Waals surface area contributed by atoms with Crippen molar-refractivity contribution >= 4 is 39.5 Å². The minimum Gasteiger partial charge on any atom is -0.462 e. The Labute approximate surface area is 664 Å². The highest BCUT2D eigenvalue weighted by Crippen LogP contribution is 2.45. The summed E-state index contributed by atoms with van der Waals surface area (Å²) in [6.45, 7) is 12.1. The van der Waals surface area contributed by atoms with E-state index in [4.69, 9.17) is 37.0 Å². The summed E-state index contributed by atoms with van der Waals surface area (Å²) in [5.74, 6) is 0.277. The van der Waals surface area contributed by atoms with Gasteiger partial charge in [-0.2, -0.15) is 0 Å². The van der Waals surface area contributed by atoms with Crippen LogP contribution in [-0.2, 0) is 65.4 Å². The second-order valence-corrected chi connectivity index (χ2v) is 36.3. The number of esters is 4. The van der Waals surface area contributed by atoms with Gasteiger partial charge >= 0.3 is 39.5 Å². The van der Waals surface area contributed by atoms with Gasteiger partial charge in [0.2, 0.25) is 0 Å². The zero-order chi connectivity index (χ0) is 79.3. The molecule has 0 rings (SSSR count). The van der Waals surface area contributed by atoms with E-state index in [1.165, 1.54) is 283 Å². The average Bonchev–Trinajstić information content (AvgIpc) is 0.900. The van der Waals surface area contributed by atoms with Crippen LogP contribution in [0.4, 0.5) is 0 Å². The maximum Gasteiger partial charge on any atom is 0.472 e. The number of hydrogen-bond acceptors (Lipinski definition) is 15. The number of hydrogen-bond donors (Lipinski definition) is 3. The second-order valence-electron chi connectivity index (χ2n) is 33.4. The Balaban J connectivity index is 5.25.